The highest BCUT2D eigenvalue weighted by Gasteiger charge is 2.27. The predicted octanol–water partition coefficient (Wildman–Crippen LogP) is 1.34. The van der Waals surface area contributed by atoms with E-state index in [0.717, 1.165) is 24.0 Å². The number of likely N-dealkylation sites (tertiary alicyclic amines) is 1. The molecule has 2 aromatic rings. The predicted molar refractivity (Wildman–Crippen MR) is 93.5 cm³/mol. The van der Waals surface area contributed by atoms with Crippen LogP contribution in [0.3, 0.4) is 0 Å². The van der Waals surface area contributed by atoms with Crippen molar-refractivity contribution in [2.45, 2.75) is 25.9 Å². The third-order valence-electron chi connectivity index (χ3n) is 4.57. The molecule has 7 nitrogen and oxygen atoms in total. The van der Waals surface area contributed by atoms with E-state index in [1.807, 2.05) is 41.2 Å². The van der Waals surface area contributed by atoms with Crippen LogP contribution in [0, 0.1) is 5.92 Å². The summed E-state index contributed by atoms with van der Waals surface area (Å²) < 4.78 is 1.85. The Balaban J connectivity index is 1.59. The Kier molecular flexibility index (Phi) is 5.33. The second-order valence-electron chi connectivity index (χ2n) is 6.31. The summed E-state index contributed by atoms with van der Waals surface area (Å²) in [5.74, 6) is -0.223. The lowest BCUT2D eigenvalue weighted by molar-refractivity contribution is -0.126. The van der Waals surface area contributed by atoms with E-state index in [1.54, 1.807) is 11.1 Å². The number of nitrogens with one attached hydrogen (secondary N) is 1. The van der Waals surface area contributed by atoms with Crippen LogP contribution in [-0.2, 0) is 17.9 Å². The van der Waals surface area contributed by atoms with Crippen molar-refractivity contribution < 1.29 is 9.59 Å². The second-order valence-corrected chi connectivity index (χ2v) is 6.31. The fourth-order valence-electron chi connectivity index (χ4n) is 3.17. The summed E-state index contributed by atoms with van der Waals surface area (Å²) in [4.78, 5) is 25.3. The molecule has 0 spiro atoms. The molecule has 1 aromatic carbocycles. The number of carbonyl (C=O) groups is 2. The molecule has 1 aliphatic rings. The molecule has 0 unspecified atom stereocenters. The third-order valence-corrected chi connectivity index (χ3v) is 4.57. The first kappa shape index (κ1) is 17.0. The third kappa shape index (κ3) is 4.37. The number of primary amides is 1. The maximum absolute atomic E-state index is 12.5. The van der Waals surface area contributed by atoms with Gasteiger partial charge >= 0.3 is 6.03 Å². The lowest BCUT2D eigenvalue weighted by Crippen LogP contribution is -2.47. The Labute approximate surface area is 146 Å². The molecule has 132 valence electrons. The SMILES string of the molecule is NC(=O)N1CCC[C@@H](C(=O)NCc2ccccc2Cn2cccn2)C1. The second kappa shape index (κ2) is 7.83. The highest BCUT2D eigenvalue weighted by atomic mass is 16.2. The summed E-state index contributed by atoms with van der Waals surface area (Å²) in [6.45, 7) is 2.16. The Hall–Kier alpha value is -2.83. The van der Waals surface area contributed by atoms with Crippen LogP contribution >= 0.6 is 0 Å². The Morgan fingerprint density at radius 2 is 2.04 bits per heavy atom. The fraction of sp³-hybridized carbons (Fsp3) is 0.389. The smallest absolute Gasteiger partial charge is 0.314 e. The van der Waals surface area contributed by atoms with Crippen molar-refractivity contribution in [1.29, 1.82) is 0 Å². The van der Waals surface area contributed by atoms with E-state index >= 15 is 0 Å². The number of piperidine rings is 1. The number of carbonyl (C=O) groups excluding carboxylic acids is 2. The van der Waals surface area contributed by atoms with Gasteiger partial charge < -0.3 is 16.0 Å². The minimum absolute atomic E-state index is 0.0279. The van der Waals surface area contributed by atoms with Gasteiger partial charge in [0.25, 0.3) is 0 Å². The van der Waals surface area contributed by atoms with E-state index in [1.165, 1.54) is 0 Å². The number of urea groups is 1. The average molecular weight is 341 g/mol. The molecule has 1 aliphatic heterocycles. The molecule has 0 aliphatic carbocycles. The van der Waals surface area contributed by atoms with E-state index in [4.69, 9.17) is 5.73 Å². The maximum Gasteiger partial charge on any atom is 0.314 e. The molecule has 2 heterocycles. The van der Waals surface area contributed by atoms with E-state index in [-0.39, 0.29) is 11.8 Å². The summed E-state index contributed by atoms with van der Waals surface area (Å²) in [6, 6.07) is 9.42. The molecule has 25 heavy (non-hydrogen) atoms. The molecule has 7 heteroatoms. The zero-order valence-corrected chi connectivity index (χ0v) is 14.1. The quantitative estimate of drug-likeness (QED) is 0.859. The van der Waals surface area contributed by atoms with Gasteiger partial charge in [-0.25, -0.2) is 4.79 Å². The molecule has 0 saturated carbocycles. The van der Waals surface area contributed by atoms with Crippen molar-refractivity contribution in [1.82, 2.24) is 20.0 Å². The number of amides is 3. The monoisotopic (exact) mass is 341 g/mol. The van der Waals surface area contributed by atoms with Crippen LogP contribution in [0.15, 0.2) is 42.7 Å². The van der Waals surface area contributed by atoms with Gasteiger partial charge in [0.05, 0.1) is 12.5 Å². The van der Waals surface area contributed by atoms with Crippen LogP contribution in [0.1, 0.15) is 24.0 Å². The number of nitrogens with zero attached hydrogens (tertiary/aromatic N) is 3. The first-order valence-electron chi connectivity index (χ1n) is 8.50. The normalized spacial score (nSPS) is 17.3. The van der Waals surface area contributed by atoms with Crippen molar-refractivity contribution in [3.63, 3.8) is 0 Å². The topological polar surface area (TPSA) is 93.3 Å². The molecule has 0 bridgehead atoms. The zero-order valence-electron chi connectivity index (χ0n) is 14.1. The summed E-state index contributed by atoms with van der Waals surface area (Å²) >= 11 is 0. The highest BCUT2D eigenvalue weighted by molar-refractivity contribution is 5.80. The number of hydrogen-bond acceptors (Lipinski definition) is 3. The summed E-state index contributed by atoms with van der Waals surface area (Å²) in [5.41, 5.74) is 7.51. The fourth-order valence-corrected chi connectivity index (χ4v) is 3.17. The van der Waals surface area contributed by atoms with Crippen LogP contribution in [0.4, 0.5) is 4.79 Å². The highest BCUT2D eigenvalue weighted by Crippen LogP contribution is 2.17. The van der Waals surface area contributed by atoms with Gasteiger partial charge in [-0.3, -0.25) is 9.48 Å². The van der Waals surface area contributed by atoms with Crippen LogP contribution in [-0.4, -0.2) is 39.7 Å². The molecule has 3 rings (SSSR count). The Morgan fingerprint density at radius 1 is 1.24 bits per heavy atom. The Bertz CT molecular complexity index is 729. The van der Waals surface area contributed by atoms with Gasteiger partial charge in [-0.15, -0.1) is 0 Å². The molecular formula is C18H23N5O2. The van der Waals surface area contributed by atoms with E-state index in [0.29, 0.717) is 26.2 Å². The van der Waals surface area contributed by atoms with Gasteiger partial charge in [-0.2, -0.15) is 5.10 Å². The van der Waals surface area contributed by atoms with Crippen molar-refractivity contribution in [3.05, 3.63) is 53.9 Å². The van der Waals surface area contributed by atoms with Gasteiger partial charge in [0.2, 0.25) is 5.91 Å². The summed E-state index contributed by atoms with van der Waals surface area (Å²) in [5, 5.41) is 7.23. The number of aromatic nitrogens is 2. The van der Waals surface area contributed by atoms with Gasteiger partial charge in [-0.1, -0.05) is 24.3 Å². The minimum atomic E-state index is -0.456. The van der Waals surface area contributed by atoms with Crippen molar-refractivity contribution in [2.75, 3.05) is 13.1 Å². The maximum atomic E-state index is 12.5. The van der Waals surface area contributed by atoms with E-state index in [9.17, 15) is 9.59 Å². The summed E-state index contributed by atoms with van der Waals surface area (Å²) in [7, 11) is 0. The Morgan fingerprint density at radius 3 is 2.76 bits per heavy atom. The standard InChI is InChI=1S/C18H23N5O2/c19-18(25)22-9-3-7-16(12-22)17(24)20-11-14-5-1-2-6-15(14)13-23-10-4-8-21-23/h1-2,4-6,8,10,16H,3,7,9,11-13H2,(H2,19,25)(H,20,24)/t16-/m1/s1. The van der Waals surface area contributed by atoms with Gasteiger partial charge in [0.15, 0.2) is 0 Å². The van der Waals surface area contributed by atoms with Crippen molar-refractivity contribution in [3.8, 4) is 0 Å². The number of benzene rings is 1. The molecule has 3 N–H and O–H groups in total. The van der Waals surface area contributed by atoms with Gasteiger partial charge in [0.1, 0.15) is 0 Å². The zero-order chi connectivity index (χ0) is 17.6. The summed E-state index contributed by atoms with van der Waals surface area (Å²) in [6.07, 6.45) is 5.25. The number of hydrogen-bond donors (Lipinski definition) is 2. The van der Waals surface area contributed by atoms with Gasteiger partial charge in [0, 0.05) is 32.0 Å². The van der Waals surface area contributed by atoms with Crippen LogP contribution in [0.25, 0.3) is 0 Å². The first-order valence-corrected chi connectivity index (χ1v) is 8.50. The molecule has 0 radical (unpaired) electrons. The number of rotatable bonds is 5. The van der Waals surface area contributed by atoms with Crippen LogP contribution < -0.4 is 11.1 Å². The van der Waals surface area contributed by atoms with Crippen LogP contribution in [0.2, 0.25) is 0 Å². The largest absolute Gasteiger partial charge is 0.352 e. The molecule has 1 atom stereocenters. The molecule has 1 fully saturated rings. The first-order chi connectivity index (χ1) is 12.1. The lowest BCUT2D eigenvalue weighted by Gasteiger charge is -2.30. The average Bonchev–Trinajstić information content (AvgIpc) is 3.14. The van der Waals surface area contributed by atoms with E-state index in [2.05, 4.69) is 10.4 Å². The number of nitrogens with two attached hydrogens (primary N) is 1. The molecular weight excluding hydrogens is 318 g/mol. The molecule has 3 amide bonds. The van der Waals surface area contributed by atoms with Crippen LogP contribution in [0.5, 0.6) is 0 Å². The molecule has 1 aromatic heterocycles. The van der Waals surface area contributed by atoms with Crippen molar-refractivity contribution >= 4 is 11.9 Å². The van der Waals surface area contributed by atoms with Gasteiger partial charge in [-0.05, 0) is 30.0 Å². The lowest BCUT2D eigenvalue weighted by atomic mass is 9.97. The van der Waals surface area contributed by atoms with E-state index < -0.39 is 6.03 Å². The van der Waals surface area contributed by atoms with Crippen molar-refractivity contribution in [2.24, 2.45) is 11.7 Å². The molecule has 1 saturated heterocycles. The minimum Gasteiger partial charge on any atom is -0.352 e.